The van der Waals surface area contributed by atoms with Crippen molar-refractivity contribution in [2.45, 2.75) is 44.8 Å². The first-order valence-electron chi connectivity index (χ1n) is 9.35. The summed E-state index contributed by atoms with van der Waals surface area (Å²) in [5.74, 6) is 0.0684. The molecule has 2 saturated heterocycles. The molecule has 2 fully saturated rings. The normalized spacial score (nSPS) is 20.5. The van der Waals surface area contributed by atoms with E-state index in [4.69, 9.17) is 4.74 Å². The third-order valence-electron chi connectivity index (χ3n) is 5.20. The number of ether oxygens (including phenoxy) is 1. The molecule has 2 amide bonds. The number of piperidine rings is 2. The maximum Gasteiger partial charge on any atom is 0.317 e. The number of nitrogens with zero attached hydrogens (tertiary/aromatic N) is 2. The van der Waals surface area contributed by atoms with Gasteiger partial charge >= 0.3 is 6.03 Å². The van der Waals surface area contributed by atoms with Gasteiger partial charge in [0.25, 0.3) is 0 Å². The summed E-state index contributed by atoms with van der Waals surface area (Å²) in [6, 6.07) is 7.21. The highest BCUT2D eigenvalue weighted by Gasteiger charge is 2.30. The summed E-state index contributed by atoms with van der Waals surface area (Å²) >= 11 is 0. The first kappa shape index (κ1) is 18.0. The Labute approximate surface area is 149 Å². The topological polar surface area (TPSA) is 44.8 Å². The quantitative estimate of drug-likeness (QED) is 0.909. The highest BCUT2D eigenvalue weighted by atomic mass is 19.1. The second kappa shape index (κ2) is 8.52. The van der Waals surface area contributed by atoms with Gasteiger partial charge in [-0.2, -0.15) is 0 Å². The van der Waals surface area contributed by atoms with Gasteiger partial charge in [-0.05, 0) is 44.7 Å². The molecule has 0 bridgehead atoms. The van der Waals surface area contributed by atoms with Gasteiger partial charge in [0.1, 0.15) is 6.10 Å². The fraction of sp³-hybridized carbons (Fsp3) is 0.632. The molecular formula is C19H28FN3O2. The van der Waals surface area contributed by atoms with Gasteiger partial charge in [0.15, 0.2) is 11.6 Å². The molecule has 2 aliphatic rings. The lowest BCUT2D eigenvalue weighted by Crippen LogP contribution is -2.51. The molecule has 2 aliphatic heterocycles. The van der Waals surface area contributed by atoms with Crippen molar-refractivity contribution in [1.29, 1.82) is 0 Å². The van der Waals surface area contributed by atoms with Crippen LogP contribution in [0.15, 0.2) is 24.3 Å². The van der Waals surface area contributed by atoms with Crippen LogP contribution in [-0.4, -0.2) is 60.7 Å². The Morgan fingerprint density at radius 3 is 2.48 bits per heavy atom. The van der Waals surface area contributed by atoms with Crippen molar-refractivity contribution in [3.05, 3.63) is 30.1 Å². The molecule has 5 nitrogen and oxygen atoms in total. The van der Waals surface area contributed by atoms with E-state index in [0.29, 0.717) is 18.3 Å². The highest BCUT2D eigenvalue weighted by Crippen LogP contribution is 2.25. The van der Waals surface area contributed by atoms with Crippen molar-refractivity contribution >= 4 is 6.03 Å². The second-order valence-corrected chi connectivity index (χ2v) is 6.84. The van der Waals surface area contributed by atoms with Gasteiger partial charge in [-0.3, -0.25) is 4.90 Å². The number of rotatable bonds is 4. The molecule has 0 atom stereocenters. The van der Waals surface area contributed by atoms with Crippen LogP contribution in [0, 0.1) is 5.82 Å². The van der Waals surface area contributed by atoms with Crippen molar-refractivity contribution in [3.8, 4) is 5.75 Å². The molecule has 1 aromatic carbocycles. The fourth-order valence-corrected chi connectivity index (χ4v) is 3.78. The summed E-state index contributed by atoms with van der Waals surface area (Å²) in [5, 5.41) is 2.87. The van der Waals surface area contributed by atoms with Gasteiger partial charge < -0.3 is 15.0 Å². The van der Waals surface area contributed by atoms with Crippen LogP contribution in [0.2, 0.25) is 0 Å². The molecule has 1 N–H and O–H groups in total. The van der Waals surface area contributed by atoms with E-state index in [9.17, 15) is 9.18 Å². The Morgan fingerprint density at radius 2 is 1.84 bits per heavy atom. The van der Waals surface area contributed by atoms with Crippen LogP contribution in [0.5, 0.6) is 5.75 Å². The average Bonchev–Trinajstić information content (AvgIpc) is 2.65. The van der Waals surface area contributed by atoms with Gasteiger partial charge in [0.2, 0.25) is 0 Å². The van der Waals surface area contributed by atoms with E-state index in [1.54, 1.807) is 18.2 Å². The third kappa shape index (κ3) is 4.63. The van der Waals surface area contributed by atoms with Gasteiger partial charge in [-0.1, -0.05) is 12.1 Å². The van der Waals surface area contributed by atoms with Crippen LogP contribution in [0.4, 0.5) is 9.18 Å². The summed E-state index contributed by atoms with van der Waals surface area (Å²) in [6.45, 7) is 6.21. The Hall–Kier alpha value is -1.82. The van der Waals surface area contributed by atoms with E-state index in [2.05, 4.69) is 10.2 Å². The lowest BCUT2D eigenvalue weighted by atomic mass is 9.99. The van der Waals surface area contributed by atoms with Crippen LogP contribution >= 0.6 is 0 Å². The molecule has 1 aromatic rings. The van der Waals surface area contributed by atoms with Crippen molar-refractivity contribution in [2.24, 2.45) is 0 Å². The number of benzene rings is 1. The summed E-state index contributed by atoms with van der Waals surface area (Å²) in [6.07, 6.45) is 3.98. The molecule has 3 rings (SSSR count). The zero-order valence-electron chi connectivity index (χ0n) is 14.9. The first-order valence-corrected chi connectivity index (χ1v) is 9.35. The molecule has 0 aliphatic carbocycles. The van der Waals surface area contributed by atoms with Crippen molar-refractivity contribution in [2.75, 3.05) is 32.7 Å². The van der Waals surface area contributed by atoms with Gasteiger partial charge in [-0.25, -0.2) is 9.18 Å². The minimum Gasteiger partial charge on any atom is -0.487 e. The molecule has 6 heteroatoms. The molecule has 0 spiro atoms. The van der Waals surface area contributed by atoms with Crippen molar-refractivity contribution < 1.29 is 13.9 Å². The Morgan fingerprint density at radius 1 is 1.16 bits per heavy atom. The zero-order valence-corrected chi connectivity index (χ0v) is 14.9. The largest absolute Gasteiger partial charge is 0.487 e. The number of para-hydroxylation sites is 1. The summed E-state index contributed by atoms with van der Waals surface area (Å²) < 4.78 is 19.5. The van der Waals surface area contributed by atoms with E-state index >= 15 is 0 Å². The Bertz CT molecular complexity index is 568. The van der Waals surface area contributed by atoms with Gasteiger partial charge in [-0.15, -0.1) is 0 Å². The number of carbonyl (C=O) groups is 1. The SMILES string of the molecule is CCNC(=O)N1CCC(N2CCC(Oc3ccccc3F)CC2)CC1. The monoisotopic (exact) mass is 349 g/mol. The molecule has 0 unspecified atom stereocenters. The van der Waals surface area contributed by atoms with Crippen LogP contribution in [-0.2, 0) is 0 Å². The van der Waals surface area contributed by atoms with E-state index in [1.807, 2.05) is 11.8 Å². The maximum atomic E-state index is 13.7. The predicted octanol–water partition coefficient (Wildman–Crippen LogP) is 2.86. The second-order valence-electron chi connectivity index (χ2n) is 6.84. The zero-order chi connectivity index (χ0) is 17.6. The van der Waals surface area contributed by atoms with Crippen LogP contribution in [0.1, 0.15) is 32.6 Å². The fourth-order valence-electron chi connectivity index (χ4n) is 3.78. The van der Waals surface area contributed by atoms with Crippen molar-refractivity contribution in [1.82, 2.24) is 15.1 Å². The molecule has 2 heterocycles. The third-order valence-corrected chi connectivity index (χ3v) is 5.20. The van der Waals surface area contributed by atoms with E-state index in [1.165, 1.54) is 6.07 Å². The number of hydrogen-bond acceptors (Lipinski definition) is 3. The minimum atomic E-state index is -0.289. The average molecular weight is 349 g/mol. The van der Waals surface area contributed by atoms with E-state index < -0.39 is 0 Å². The van der Waals surface area contributed by atoms with Crippen molar-refractivity contribution in [3.63, 3.8) is 0 Å². The predicted molar refractivity (Wildman–Crippen MR) is 95.3 cm³/mol. The molecule has 0 radical (unpaired) electrons. The van der Waals surface area contributed by atoms with E-state index in [0.717, 1.165) is 51.9 Å². The minimum absolute atomic E-state index is 0.0537. The first-order chi connectivity index (χ1) is 12.2. The van der Waals surface area contributed by atoms with Crippen LogP contribution in [0.3, 0.4) is 0 Å². The van der Waals surface area contributed by atoms with E-state index in [-0.39, 0.29) is 18.0 Å². The van der Waals surface area contributed by atoms with Gasteiger partial charge in [0.05, 0.1) is 0 Å². The van der Waals surface area contributed by atoms with Crippen LogP contribution in [0.25, 0.3) is 0 Å². The molecule has 25 heavy (non-hydrogen) atoms. The molecular weight excluding hydrogens is 321 g/mol. The van der Waals surface area contributed by atoms with Gasteiger partial charge in [0, 0.05) is 38.8 Å². The number of amides is 2. The summed E-state index contributed by atoms with van der Waals surface area (Å²) in [7, 11) is 0. The number of carbonyl (C=O) groups excluding carboxylic acids is 1. The lowest BCUT2D eigenvalue weighted by Gasteiger charge is -2.41. The Kier molecular flexibility index (Phi) is 6.13. The summed E-state index contributed by atoms with van der Waals surface area (Å²) in [4.78, 5) is 16.3. The van der Waals surface area contributed by atoms with Crippen LogP contribution < -0.4 is 10.1 Å². The molecule has 138 valence electrons. The highest BCUT2D eigenvalue weighted by molar-refractivity contribution is 5.74. The number of urea groups is 1. The number of hydrogen-bond donors (Lipinski definition) is 1. The molecule has 0 aromatic heterocycles. The number of nitrogens with one attached hydrogen (secondary N) is 1. The number of halogens is 1. The summed E-state index contributed by atoms with van der Waals surface area (Å²) in [5.41, 5.74) is 0. The standard InChI is InChI=1S/C19H28FN3O2/c1-2-21-19(24)23-11-7-15(8-12-23)22-13-9-16(10-14-22)25-18-6-4-3-5-17(18)20/h3-6,15-16H,2,7-14H2,1H3,(H,21,24). The Balaban J connectivity index is 1.42. The molecule has 0 saturated carbocycles. The lowest BCUT2D eigenvalue weighted by molar-refractivity contribution is 0.0520. The number of likely N-dealkylation sites (tertiary alicyclic amines) is 2. The maximum absolute atomic E-state index is 13.7. The smallest absolute Gasteiger partial charge is 0.317 e.